The van der Waals surface area contributed by atoms with E-state index in [-0.39, 0.29) is 5.84 Å². The van der Waals surface area contributed by atoms with E-state index in [0.29, 0.717) is 13.2 Å². The average molecular weight is 357 g/mol. The van der Waals surface area contributed by atoms with Crippen molar-refractivity contribution in [3.63, 3.8) is 0 Å². The maximum atomic E-state index is 10.1. The Bertz CT molecular complexity index is 789. The van der Waals surface area contributed by atoms with Gasteiger partial charge in [-0.2, -0.15) is 10.5 Å². The normalized spacial score (nSPS) is 31.6. The van der Waals surface area contributed by atoms with Crippen molar-refractivity contribution in [2.75, 3.05) is 19.5 Å². The third-order valence-electron chi connectivity index (χ3n) is 5.14. The number of nitrogens with one attached hydrogen (secondary N) is 1. The molecule has 0 amide bonds. The zero-order valence-corrected chi connectivity index (χ0v) is 15.3. The molecular weight excluding hydrogens is 336 g/mol. The highest BCUT2D eigenvalue weighted by Crippen LogP contribution is 2.78. The van der Waals surface area contributed by atoms with Crippen LogP contribution in [0.3, 0.4) is 0 Å². The minimum Gasteiger partial charge on any atom is -0.314 e. The van der Waals surface area contributed by atoms with Gasteiger partial charge in [-0.25, -0.2) is 4.99 Å². The number of rotatable bonds is 6. The van der Waals surface area contributed by atoms with E-state index in [9.17, 15) is 10.5 Å². The maximum absolute atomic E-state index is 10.1. The molecule has 130 valence electrons. The fourth-order valence-electron chi connectivity index (χ4n) is 4.15. The molecule has 1 fully saturated rings. The van der Waals surface area contributed by atoms with E-state index in [1.165, 1.54) is 0 Å². The molecule has 3 atom stereocenters. The first kappa shape index (κ1) is 17.8. The van der Waals surface area contributed by atoms with Crippen LogP contribution in [0.4, 0.5) is 0 Å². The van der Waals surface area contributed by atoms with E-state index >= 15 is 0 Å². The molecule has 3 rings (SSSR count). The third-order valence-corrected chi connectivity index (χ3v) is 5.89. The molecule has 0 saturated heterocycles. The smallest absolute Gasteiger partial charge is 0.314 e. The monoisotopic (exact) mass is 357 g/mol. The number of nitrogens with zero attached hydrogens (tertiary/aromatic N) is 2. The van der Waals surface area contributed by atoms with Crippen molar-refractivity contribution in [1.82, 2.24) is 0 Å². The van der Waals surface area contributed by atoms with Crippen LogP contribution in [-0.2, 0) is 9.47 Å². The Kier molecular flexibility index (Phi) is 4.28. The second kappa shape index (κ2) is 6.03. The molecule has 1 aliphatic carbocycles. The third kappa shape index (κ3) is 1.95. The summed E-state index contributed by atoms with van der Waals surface area (Å²) in [5.41, 5.74) is 4.69. The van der Waals surface area contributed by atoms with Gasteiger partial charge in [-0.05, 0) is 37.8 Å². The molecule has 0 bridgehead atoms. The van der Waals surface area contributed by atoms with Gasteiger partial charge in [0.2, 0.25) is 0 Å². The zero-order valence-electron chi connectivity index (χ0n) is 14.5. The molecule has 0 radical (unpaired) electrons. The van der Waals surface area contributed by atoms with Gasteiger partial charge >= 0.3 is 5.91 Å². The summed E-state index contributed by atoms with van der Waals surface area (Å²) in [4.78, 5) is 4.09. The second-order valence-corrected chi connectivity index (χ2v) is 6.95. The van der Waals surface area contributed by atoms with Crippen LogP contribution in [0, 0.1) is 33.5 Å². The molecular formula is C18H21N4O2S+. The quantitative estimate of drug-likeness (QED) is 0.573. The lowest BCUT2D eigenvalue weighted by Gasteiger charge is -2.29. The van der Waals surface area contributed by atoms with Crippen LogP contribution in [0.15, 0.2) is 29.2 Å². The van der Waals surface area contributed by atoms with Crippen LogP contribution in [0.5, 0.6) is 0 Å². The number of fused-ring (bicyclic) bond motifs is 1. The molecule has 25 heavy (non-hydrogen) atoms. The SMILES string of the molecule is CCOC1(OCC)[NH+]=C(N)[C@@]2(C#N)[C@H](c3ccc(SC)cc3)[C@@]12C#N. The maximum Gasteiger partial charge on any atom is 0.343 e. The van der Waals surface area contributed by atoms with Gasteiger partial charge in [0.15, 0.2) is 10.8 Å². The van der Waals surface area contributed by atoms with E-state index in [0.717, 1.165) is 10.5 Å². The fraction of sp³-hybridized carbons (Fsp3) is 0.500. The van der Waals surface area contributed by atoms with Gasteiger partial charge in [0, 0.05) is 10.8 Å². The number of hydrogen-bond donors (Lipinski definition) is 2. The Morgan fingerprint density at radius 1 is 1.16 bits per heavy atom. The summed E-state index contributed by atoms with van der Waals surface area (Å²) in [7, 11) is 0. The first-order valence-electron chi connectivity index (χ1n) is 8.19. The van der Waals surface area contributed by atoms with Crippen LogP contribution in [0.25, 0.3) is 0 Å². The summed E-state index contributed by atoms with van der Waals surface area (Å²) < 4.78 is 11.7. The van der Waals surface area contributed by atoms with Crippen molar-refractivity contribution in [3.05, 3.63) is 29.8 Å². The molecule has 1 aromatic carbocycles. The Morgan fingerprint density at radius 2 is 1.76 bits per heavy atom. The summed E-state index contributed by atoms with van der Waals surface area (Å²) in [5.74, 6) is -1.60. The topological polar surface area (TPSA) is 106 Å². The lowest BCUT2D eigenvalue weighted by Crippen LogP contribution is -2.91. The van der Waals surface area contributed by atoms with E-state index in [4.69, 9.17) is 15.2 Å². The van der Waals surface area contributed by atoms with Crippen molar-refractivity contribution >= 4 is 17.6 Å². The van der Waals surface area contributed by atoms with Gasteiger partial charge in [0.1, 0.15) is 0 Å². The molecule has 0 aromatic heterocycles. The summed E-state index contributed by atoms with van der Waals surface area (Å²) in [6.45, 7) is 4.29. The van der Waals surface area contributed by atoms with Gasteiger partial charge in [-0.15, -0.1) is 11.8 Å². The van der Waals surface area contributed by atoms with Crippen molar-refractivity contribution in [2.45, 2.75) is 30.6 Å². The minimum absolute atomic E-state index is 0.234. The van der Waals surface area contributed by atoms with Crippen LogP contribution >= 0.6 is 11.8 Å². The number of amidine groups is 1. The van der Waals surface area contributed by atoms with Gasteiger partial charge in [-0.3, -0.25) is 5.73 Å². The number of thioether (sulfide) groups is 1. The molecule has 0 spiro atoms. The Morgan fingerprint density at radius 3 is 2.20 bits per heavy atom. The number of nitrogens with two attached hydrogens (primary N) is 1. The highest BCUT2D eigenvalue weighted by Gasteiger charge is 2.97. The lowest BCUT2D eigenvalue weighted by molar-refractivity contribution is -0.693. The highest BCUT2D eigenvalue weighted by atomic mass is 32.2. The summed E-state index contributed by atoms with van der Waals surface area (Å²) in [6, 6.07) is 12.5. The largest absolute Gasteiger partial charge is 0.343 e. The van der Waals surface area contributed by atoms with E-state index < -0.39 is 22.7 Å². The number of hydrogen-bond acceptors (Lipinski definition) is 6. The van der Waals surface area contributed by atoms with Crippen LogP contribution in [-0.4, -0.2) is 31.2 Å². The highest BCUT2D eigenvalue weighted by molar-refractivity contribution is 7.98. The fourth-order valence-corrected chi connectivity index (χ4v) is 4.56. The van der Waals surface area contributed by atoms with Crippen LogP contribution in [0.1, 0.15) is 25.3 Å². The van der Waals surface area contributed by atoms with Gasteiger partial charge in [0.25, 0.3) is 5.84 Å². The average Bonchev–Trinajstić information content (AvgIpc) is 3.21. The Labute approximate surface area is 151 Å². The summed E-state index contributed by atoms with van der Waals surface area (Å²) in [5, 5.41) is 20.1. The summed E-state index contributed by atoms with van der Waals surface area (Å²) >= 11 is 1.64. The Hall–Kier alpha value is -2.06. The number of ether oxygens (including phenoxy) is 2. The molecule has 6 nitrogen and oxygen atoms in total. The van der Waals surface area contributed by atoms with Crippen LogP contribution in [0.2, 0.25) is 0 Å². The van der Waals surface area contributed by atoms with Crippen molar-refractivity contribution in [2.24, 2.45) is 16.6 Å². The molecule has 1 heterocycles. The molecule has 1 aromatic rings. The molecule has 2 aliphatic rings. The van der Waals surface area contributed by atoms with Crippen molar-refractivity contribution in [1.29, 1.82) is 10.5 Å². The second-order valence-electron chi connectivity index (χ2n) is 6.07. The first-order chi connectivity index (χ1) is 12.0. The lowest BCUT2D eigenvalue weighted by atomic mass is 9.93. The predicted octanol–water partition coefficient (Wildman–Crippen LogP) is 0.704. The van der Waals surface area contributed by atoms with E-state index in [1.807, 2.05) is 44.4 Å². The van der Waals surface area contributed by atoms with Gasteiger partial charge in [-0.1, -0.05) is 12.1 Å². The number of benzene rings is 1. The van der Waals surface area contributed by atoms with E-state index in [2.05, 4.69) is 17.1 Å². The van der Waals surface area contributed by atoms with E-state index in [1.54, 1.807) is 11.8 Å². The van der Waals surface area contributed by atoms with Crippen molar-refractivity contribution in [3.8, 4) is 12.1 Å². The molecule has 1 aliphatic heterocycles. The number of nitriles is 2. The standard InChI is InChI=1S/C18H20N4O2S/c1-4-23-18(24-5-2)17(11-20)14(16(17,10-19)15(21)22-18)12-6-8-13(25-3)9-7-12/h6-9,14H,4-5H2,1-3H3,(H2,21,22)/p+1/t14-,16+,17+/m0/s1. The van der Waals surface area contributed by atoms with Crippen LogP contribution < -0.4 is 10.7 Å². The molecule has 0 unspecified atom stereocenters. The molecule has 1 saturated carbocycles. The Balaban J connectivity index is 2.17. The zero-order chi connectivity index (χ0) is 18.3. The minimum atomic E-state index is -1.42. The molecule has 3 N–H and O–H groups in total. The summed E-state index contributed by atoms with van der Waals surface area (Å²) in [6.07, 6.45) is 2.00. The predicted molar refractivity (Wildman–Crippen MR) is 93.2 cm³/mol. The van der Waals surface area contributed by atoms with Gasteiger partial charge in [0.05, 0.1) is 25.4 Å². The molecule has 7 heteroatoms. The van der Waals surface area contributed by atoms with Crippen molar-refractivity contribution < 1.29 is 14.5 Å². The van der Waals surface area contributed by atoms with Gasteiger partial charge < -0.3 is 9.47 Å². The first-order valence-corrected chi connectivity index (χ1v) is 9.41.